The number of anilines is 1. The van der Waals surface area contributed by atoms with Crippen LogP contribution in [0.15, 0.2) is 61.4 Å². The molecule has 24 heavy (non-hydrogen) atoms. The Labute approximate surface area is 143 Å². The average molecular weight is 317 g/mol. The lowest BCUT2D eigenvalue weighted by Gasteiger charge is -2.10. The number of aromatic nitrogens is 2. The van der Waals surface area contributed by atoms with E-state index in [4.69, 9.17) is 0 Å². The van der Waals surface area contributed by atoms with Gasteiger partial charge in [-0.3, -0.25) is 4.68 Å². The van der Waals surface area contributed by atoms with Gasteiger partial charge in [0.15, 0.2) is 0 Å². The van der Waals surface area contributed by atoms with Crippen LogP contribution < -0.4 is 5.32 Å². The highest BCUT2D eigenvalue weighted by Crippen LogP contribution is 2.27. The molecule has 2 aromatic carbocycles. The molecule has 1 aliphatic carbocycles. The third kappa shape index (κ3) is 3.21. The largest absolute Gasteiger partial charge is 0.353 e. The molecule has 1 aliphatic rings. The summed E-state index contributed by atoms with van der Waals surface area (Å²) in [6, 6.07) is 14.8. The molecule has 0 bridgehead atoms. The second kappa shape index (κ2) is 6.52. The van der Waals surface area contributed by atoms with E-state index in [1.165, 1.54) is 36.5 Å². The summed E-state index contributed by atoms with van der Waals surface area (Å²) in [7, 11) is 0. The van der Waals surface area contributed by atoms with Crippen LogP contribution in [0.5, 0.6) is 0 Å². The summed E-state index contributed by atoms with van der Waals surface area (Å²) in [5, 5.41) is 10.4. The molecular weight excluding hydrogens is 294 g/mol. The predicted molar refractivity (Wildman–Crippen MR) is 101 cm³/mol. The van der Waals surface area contributed by atoms with E-state index in [1.807, 2.05) is 6.20 Å². The number of benzene rings is 2. The van der Waals surface area contributed by atoms with Crippen molar-refractivity contribution in [2.45, 2.75) is 32.2 Å². The molecule has 0 spiro atoms. The molecule has 0 radical (unpaired) electrons. The fourth-order valence-corrected chi connectivity index (χ4v) is 3.61. The Hall–Kier alpha value is -2.55. The lowest BCUT2D eigenvalue weighted by molar-refractivity contribution is 0.429. The zero-order chi connectivity index (χ0) is 16.4. The number of rotatable bonds is 5. The molecule has 1 aromatic heterocycles. The van der Waals surface area contributed by atoms with Crippen LogP contribution in [0.2, 0.25) is 0 Å². The first kappa shape index (κ1) is 15.0. The van der Waals surface area contributed by atoms with E-state index in [2.05, 4.69) is 70.3 Å². The summed E-state index contributed by atoms with van der Waals surface area (Å²) in [5.41, 5.74) is 3.02. The maximum absolute atomic E-state index is 4.49. The first-order valence-corrected chi connectivity index (χ1v) is 8.75. The minimum absolute atomic E-state index is 0.793. The Balaban J connectivity index is 1.45. The highest BCUT2D eigenvalue weighted by molar-refractivity contribution is 5.87. The molecule has 0 amide bonds. The maximum Gasteiger partial charge on any atom is 0.0770 e. The Bertz CT molecular complexity index is 856. The Morgan fingerprint density at radius 1 is 1.12 bits per heavy atom. The van der Waals surface area contributed by atoms with E-state index < -0.39 is 0 Å². The van der Waals surface area contributed by atoms with Gasteiger partial charge >= 0.3 is 0 Å². The highest BCUT2D eigenvalue weighted by Gasteiger charge is 2.15. The van der Waals surface area contributed by atoms with Crippen LogP contribution in [-0.2, 0) is 6.54 Å². The van der Waals surface area contributed by atoms with Crippen molar-refractivity contribution in [3.8, 4) is 0 Å². The Morgan fingerprint density at radius 3 is 2.75 bits per heavy atom. The van der Waals surface area contributed by atoms with Crippen molar-refractivity contribution in [2.24, 2.45) is 5.92 Å². The van der Waals surface area contributed by atoms with Gasteiger partial charge in [0.05, 0.1) is 11.9 Å². The Kier molecular flexibility index (Phi) is 4.08. The average Bonchev–Trinajstić information content (AvgIpc) is 3.27. The summed E-state index contributed by atoms with van der Waals surface area (Å²) >= 11 is 0. The molecular formula is C21H23N3. The molecule has 0 aliphatic heterocycles. The topological polar surface area (TPSA) is 29.9 Å². The summed E-state index contributed by atoms with van der Waals surface area (Å²) in [6.07, 6.45) is 9.40. The van der Waals surface area contributed by atoms with Gasteiger partial charge in [0.25, 0.3) is 0 Å². The van der Waals surface area contributed by atoms with Gasteiger partial charge in [0.1, 0.15) is 0 Å². The standard InChI is InChI=1S/C21H23N3/c1-16(19-11-10-18-8-4-5-9-20(18)12-19)23-21-13-22-24(15-21)14-17-6-2-3-7-17/h4-5,8-13,15,17,23H,1-3,6-7,14H2. The van der Waals surface area contributed by atoms with Gasteiger partial charge in [-0.25, -0.2) is 0 Å². The zero-order valence-electron chi connectivity index (χ0n) is 13.9. The molecule has 1 N–H and O–H groups in total. The van der Waals surface area contributed by atoms with E-state index in [0.717, 1.165) is 29.4 Å². The molecule has 1 saturated carbocycles. The van der Waals surface area contributed by atoms with Crippen LogP contribution in [-0.4, -0.2) is 9.78 Å². The fourth-order valence-electron chi connectivity index (χ4n) is 3.61. The highest BCUT2D eigenvalue weighted by atomic mass is 15.3. The molecule has 0 saturated heterocycles. The molecule has 3 aromatic rings. The summed E-state index contributed by atoms with van der Waals surface area (Å²) < 4.78 is 2.06. The molecule has 1 heterocycles. The third-order valence-corrected chi connectivity index (χ3v) is 4.95. The van der Waals surface area contributed by atoms with Crippen LogP contribution >= 0.6 is 0 Å². The smallest absolute Gasteiger partial charge is 0.0770 e. The second-order valence-corrected chi connectivity index (χ2v) is 6.77. The minimum Gasteiger partial charge on any atom is -0.353 e. The van der Waals surface area contributed by atoms with Crippen molar-refractivity contribution in [1.82, 2.24) is 9.78 Å². The first-order valence-electron chi connectivity index (χ1n) is 8.75. The zero-order valence-corrected chi connectivity index (χ0v) is 13.9. The van der Waals surface area contributed by atoms with Gasteiger partial charge in [0, 0.05) is 18.4 Å². The van der Waals surface area contributed by atoms with Gasteiger partial charge in [-0.05, 0) is 41.2 Å². The van der Waals surface area contributed by atoms with Gasteiger partial charge in [-0.15, -0.1) is 0 Å². The molecule has 1 fully saturated rings. The van der Waals surface area contributed by atoms with Crippen LogP contribution in [0.4, 0.5) is 5.69 Å². The molecule has 0 atom stereocenters. The van der Waals surface area contributed by atoms with E-state index >= 15 is 0 Å². The molecule has 3 nitrogen and oxygen atoms in total. The van der Waals surface area contributed by atoms with Gasteiger partial charge in [-0.2, -0.15) is 5.10 Å². The first-order chi connectivity index (χ1) is 11.8. The van der Waals surface area contributed by atoms with E-state index in [1.54, 1.807) is 0 Å². The number of nitrogens with zero attached hydrogens (tertiary/aromatic N) is 2. The lowest BCUT2D eigenvalue weighted by atomic mass is 10.1. The predicted octanol–water partition coefficient (Wildman–Crippen LogP) is 5.31. The number of nitrogens with one attached hydrogen (secondary N) is 1. The van der Waals surface area contributed by atoms with Crippen molar-refractivity contribution in [1.29, 1.82) is 0 Å². The van der Waals surface area contributed by atoms with Crippen molar-refractivity contribution in [3.05, 3.63) is 67.0 Å². The van der Waals surface area contributed by atoms with E-state index in [-0.39, 0.29) is 0 Å². The van der Waals surface area contributed by atoms with Gasteiger partial charge in [-0.1, -0.05) is 55.8 Å². The third-order valence-electron chi connectivity index (χ3n) is 4.95. The second-order valence-electron chi connectivity index (χ2n) is 6.77. The fraction of sp³-hybridized carbons (Fsp3) is 0.286. The number of fused-ring (bicyclic) bond motifs is 1. The number of hydrogen-bond donors (Lipinski definition) is 1. The normalized spacial score (nSPS) is 15.0. The maximum atomic E-state index is 4.49. The minimum atomic E-state index is 0.793. The van der Waals surface area contributed by atoms with Gasteiger partial charge < -0.3 is 5.32 Å². The summed E-state index contributed by atoms with van der Waals surface area (Å²) in [4.78, 5) is 0. The quantitative estimate of drug-likeness (QED) is 0.691. The van der Waals surface area contributed by atoms with Crippen LogP contribution in [0.25, 0.3) is 16.5 Å². The Morgan fingerprint density at radius 2 is 1.92 bits per heavy atom. The van der Waals surface area contributed by atoms with Crippen molar-refractivity contribution in [3.63, 3.8) is 0 Å². The lowest BCUT2D eigenvalue weighted by Crippen LogP contribution is -2.07. The van der Waals surface area contributed by atoms with Crippen molar-refractivity contribution in [2.75, 3.05) is 5.32 Å². The van der Waals surface area contributed by atoms with Gasteiger partial charge in [0.2, 0.25) is 0 Å². The molecule has 3 heteroatoms. The SMILES string of the molecule is C=C(Nc1cnn(CC2CCCC2)c1)c1ccc2ccccc2c1. The van der Waals surface area contributed by atoms with E-state index in [9.17, 15) is 0 Å². The van der Waals surface area contributed by atoms with Crippen molar-refractivity contribution < 1.29 is 0 Å². The molecule has 0 unspecified atom stereocenters. The molecule has 4 rings (SSSR count). The van der Waals surface area contributed by atoms with Crippen LogP contribution in [0.3, 0.4) is 0 Å². The number of hydrogen-bond acceptors (Lipinski definition) is 2. The van der Waals surface area contributed by atoms with Crippen LogP contribution in [0.1, 0.15) is 31.2 Å². The van der Waals surface area contributed by atoms with Crippen LogP contribution in [0, 0.1) is 5.92 Å². The van der Waals surface area contributed by atoms with Crippen molar-refractivity contribution >= 4 is 22.2 Å². The molecule has 122 valence electrons. The summed E-state index contributed by atoms with van der Waals surface area (Å²) in [6.45, 7) is 5.22. The monoisotopic (exact) mass is 317 g/mol. The summed E-state index contributed by atoms with van der Waals surface area (Å²) in [5.74, 6) is 0.793. The van der Waals surface area contributed by atoms with E-state index in [0.29, 0.717) is 0 Å².